The van der Waals surface area contributed by atoms with Crippen LogP contribution in [0.5, 0.6) is 0 Å². The lowest BCUT2D eigenvalue weighted by molar-refractivity contribution is 0.0702. The molecule has 1 aliphatic rings. The van der Waals surface area contributed by atoms with Crippen molar-refractivity contribution in [2.24, 2.45) is 0 Å². The fourth-order valence-corrected chi connectivity index (χ4v) is 3.05. The molecular weight excluding hydrogens is 222 g/mol. The number of carbonyl (C=O) groups is 1. The van der Waals surface area contributed by atoms with E-state index in [1.165, 1.54) is 16.9 Å². The Morgan fingerprint density at radius 2 is 2.25 bits per heavy atom. The number of fused-ring (bicyclic) bond motifs is 2. The summed E-state index contributed by atoms with van der Waals surface area (Å²) < 4.78 is 1.07. The molecule has 3 rings (SSSR count). The Labute approximate surface area is 96.7 Å². The number of thiophene rings is 1. The van der Waals surface area contributed by atoms with Gasteiger partial charge in [0.15, 0.2) is 0 Å². The molecule has 0 spiro atoms. The number of carboxylic acid groups (broad SMARTS) is 1. The van der Waals surface area contributed by atoms with Gasteiger partial charge in [0.05, 0.1) is 0 Å². The highest BCUT2D eigenvalue weighted by Gasteiger charge is 2.13. The maximum atomic E-state index is 10.9. The van der Waals surface area contributed by atoms with Gasteiger partial charge in [-0.1, -0.05) is 0 Å². The molecule has 2 heterocycles. The van der Waals surface area contributed by atoms with E-state index in [0.717, 1.165) is 35.2 Å². The van der Waals surface area contributed by atoms with Crippen molar-refractivity contribution in [2.45, 2.75) is 12.8 Å². The number of aryl methyl sites for hydroxylation is 1. The van der Waals surface area contributed by atoms with E-state index in [1.807, 2.05) is 0 Å². The van der Waals surface area contributed by atoms with Gasteiger partial charge in [0, 0.05) is 16.9 Å². The standard InChI is InChI=1S/C12H11NO2S/c14-12(15)11-6-8-4-9-7(2-1-3-13-9)5-10(8)16-11/h4-6,13H,1-3H2,(H,14,15). The largest absolute Gasteiger partial charge is 0.477 e. The van der Waals surface area contributed by atoms with Gasteiger partial charge in [0.2, 0.25) is 0 Å². The fraction of sp³-hybridized carbons (Fsp3) is 0.250. The first kappa shape index (κ1) is 9.66. The summed E-state index contributed by atoms with van der Waals surface area (Å²) >= 11 is 1.35. The van der Waals surface area contributed by atoms with Crippen molar-refractivity contribution >= 4 is 33.1 Å². The topological polar surface area (TPSA) is 49.3 Å². The molecule has 3 nitrogen and oxygen atoms in total. The monoisotopic (exact) mass is 233 g/mol. The molecule has 0 saturated heterocycles. The van der Waals surface area contributed by atoms with Crippen LogP contribution < -0.4 is 5.32 Å². The molecule has 1 aromatic carbocycles. The Kier molecular flexibility index (Phi) is 2.11. The third kappa shape index (κ3) is 1.46. The van der Waals surface area contributed by atoms with Crippen LogP contribution in [0.15, 0.2) is 18.2 Å². The molecule has 1 aliphatic heterocycles. The maximum Gasteiger partial charge on any atom is 0.345 e. The molecule has 0 unspecified atom stereocenters. The van der Waals surface area contributed by atoms with E-state index in [-0.39, 0.29) is 0 Å². The van der Waals surface area contributed by atoms with E-state index in [2.05, 4.69) is 17.4 Å². The Bertz CT molecular complexity index is 531. The van der Waals surface area contributed by atoms with E-state index in [4.69, 9.17) is 5.11 Å². The summed E-state index contributed by atoms with van der Waals surface area (Å²) in [5.41, 5.74) is 2.46. The molecule has 2 N–H and O–H groups in total. The summed E-state index contributed by atoms with van der Waals surface area (Å²) in [6.07, 6.45) is 2.23. The highest BCUT2D eigenvalue weighted by molar-refractivity contribution is 7.20. The normalized spacial score (nSPS) is 14.5. The van der Waals surface area contributed by atoms with Crippen LogP contribution in [0.2, 0.25) is 0 Å². The van der Waals surface area contributed by atoms with Crippen LogP contribution in [0.4, 0.5) is 5.69 Å². The minimum atomic E-state index is -0.841. The van der Waals surface area contributed by atoms with E-state index in [1.54, 1.807) is 6.07 Å². The molecule has 16 heavy (non-hydrogen) atoms. The van der Waals surface area contributed by atoms with Gasteiger partial charge in [0.1, 0.15) is 4.88 Å². The molecule has 0 atom stereocenters. The number of hydrogen-bond donors (Lipinski definition) is 2. The predicted octanol–water partition coefficient (Wildman–Crippen LogP) is 2.96. The fourth-order valence-electron chi connectivity index (χ4n) is 2.11. The average Bonchev–Trinajstić information content (AvgIpc) is 2.68. The van der Waals surface area contributed by atoms with E-state index in [9.17, 15) is 4.79 Å². The summed E-state index contributed by atoms with van der Waals surface area (Å²) in [6.45, 7) is 1.01. The summed E-state index contributed by atoms with van der Waals surface area (Å²) in [5.74, 6) is -0.841. The zero-order chi connectivity index (χ0) is 11.1. The number of rotatable bonds is 1. The van der Waals surface area contributed by atoms with Gasteiger partial charge in [-0.05, 0) is 42.0 Å². The minimum absolute atomic E-state index is 0.414. The van der Waals surface area contributed by atoms with Crippen LogP contribution in [0.3, 0.4) is 0 Å². The van der Waals surface area contributed by atoms with Crippen molar-refractivity contribution in [2.75, 3.05) is 11.9 Å². The van der Waals surface area contributed by atoms with Crippen LogP contribution in [0, 0.1) is 0 Å². The number of aromatic carboxylic acids is 1. The summed E-state index contributed by atoms with van der Waals surface area (Å²) in [7, 11) is 0. The first-order valence-corrected chi connectivity index (χ1v) is 6.09. The third-order valence-corrected chi connectivity index (χ3v) is 3.98. The zero-order valence-electron chi connectivity index (χ0n) is 8.62. The van der Waals surface area contributed by atoms with E-state index in [0.29, 0.717) is 4.88 Å². The molecular formula is C12H11NO2S. The van der Waals surface area contributed by atoms with Gasteiger partial charge in [-0.25, -0.2) is 4.79 Å². The quantitative estimate of drug-likeness (QED) is 0.796. The van der Waals surface area contributed by atoms with Crippen molar-refractivity contribution in [3.8, 4) is 0 Å². The minimum Gasteiger partial charge on any atom is -0.477 e. The van der Waals surface area contributed by atoms with Crippen LogP contribution in [-0.2, 0) is 6.42 Å². The Hall–Kier alpha value is -1.55. The van der Waals surface area contributed by atoms with Crippen LogP contribution in [-0.4, -0.2) is 17.6 Å². The van der Waals surface area contributed by atoms with Crippen molar-refractivity contribution in [3.05, 3.63) is 28.6 Å². The van der Waals surface area contributed by atoms with Gasteiger partial charge in [-0.15, -0.1) is 11.3 Å². The molecule has 0 aliphatic carbocycles. The van der Waals surface area contributed by atoms with Crippen molar-refractivity contribution in [3.63, 3.8) is 0 Å². The lowest BCUT2D eigenvalue weighted by Gasteiger charge is -2.17. The number of hydrogen-bond acceptors (Lipinski definition) is 3. The summed E-state index contributed by atoms with van der Waals surface area (Å²) in [5, 5.41) is 13.3. The predicted molar refractivity (Wildman–Crippen MR) is 65.6 cm³/mol. The molecule has 0 amide bonds. The SMILES string of the molecule is O=C(O)c1cc2cc3c(cc2s1)CCCN3. The highest BCUT2D eigenvalue weighted by atomic mass is 32.1. The molecule has 1 aromatic heterocycles. The second kappa shape index (κ2) is 3.49. The lowest BCUT2D eigenvalue weighted by Crippen LogP contribution is -2.11. The van der Waals surface area contributed by atoms with Gasteiger partial charge >= 0.3 is 5.97 Å². The number of anilines is 1. The molecule has 0 bridgehead atoms. The molecule has 2 aromatic rings. The van der Waals surface area contributed by atoms with E-state index < -0.39 is 5.97 Å². The lowest BCUT2D eigenvalue weighted by atomic mass is 10.0. The Balaban J connectivity index is 2.20. The van der Waals surface area contributed by atoms with Crippen LogP contribution in [0.1, 0.15) is 21.7 Å². The summed E-state index contributed by atoms with van der Waals surface area (Å²) in [6, 6.07) is 5.93. The maximum absolute atomic E-state index is 10.9. The van der Waals surface area contributed by atoms with Crippen LogP contribution >= 0.6 is 11.3 Å². The molecule has 0 radical (unpaired) electrons. The Morgan fingerprint density at radius 3 is 3.06 bits per heavy atom. The first-order chi connectivity index (χ1) is 7.74. The molecule has 0 fully saturated rings. The van der Waals surface area contributed by atoms with Gasteiger partial charge in [-0.3, -0.25) is 0 Å². The van der Waals surface area contributed by atoms with Gasteiger partial charge in [0.25, 0.3) is 0 Å². The molecule has 82 valence electrons. The smallest absolute Gasteiger partial charge is 0.345 e. The number of carboxylic acids is 1. The third-order valence-electron chi connectivity index (χ3n) is 2.89. The first-order valence-electron chi connectivity index (χ1n) is 5.28. The second-order valence-corrected chi connectivity index (χ2v) is 5.08. The number of benzene rings is 1. The van der Waals surface area contributed by atoms with Crippen LogP contribution in [0.25, 0.3) is 10.1 Å². The van der Waals surface area contributed by atoms with Gasteiger partial charge in [-0.2, -0.15) is 0 Å². The van der Waals surface area contributed by atoms with Crippen molar-refractivity contribution in [1.82, 2.24) is 0 Å². The zero-order valence-corrected chi connectivity index (χ0v) is 9.43. The van der Waals surface area contributed by atoms with Gasteiger partial charge < -0.3 is 10.4 Å². The van der Waals surface area contributed by atoms with Crippen molar-refractivity contribution < 1.29 is 9.90 Å². The molecule has 4 heteroatoms. The molecule has 0 saturated carbocycles. The van der Waals surface area contributed by atoms with Crippen molar-refractivity contribution in [1.29, 1.82) is 0 Å². The Morgan fingerprint density at radius 1 is 1.38 bits per heavy atom. The highest BCUT2D eigenvalue weighted by Crippen LogP contribution is 2.32. The number of nitrogens with one attached hydrogen (secondary N) is 1. The second-order valence-electron chi connectivity index (χ2n) is 3.99. The average molecular weight is 233 g/mol. The van der Waals surface area contributed by atoms with E-state index >= 15 is 0 Å². The summed E-state index contributed by atoms with van der Waals surface area (Å²) in [4.78, 5) is 11.3.